The van der Waals surface area contributed by atoms with E-state index < -0.39 is 0 Å². The average molecular weight is 237 g/mol. The smallest absolute Gasteiger partial charge is 0.00729 e. The van der Waals surface area contributed by atoms with E-state index >= 15 is 0 Å². The summed E-state index contributed by atoms with van der Waals surface area (Å²) in [6.07, 6.45) is 9.23. The molecule has 90 valence electrons. The minimum atomic E-state index is 0.727. The van der Waals surface area contributed by atoms with Crippen LogP contribution in [0.3, 0.4) is 0 Å². The van der Waals surface area contributed by atoms with Gasteiger partial charge < -0.3 is 5.32 Å². The van der Waals surface area contributed by atoms with Crippen molar-refractivity contribution < 1.29 is 0 Å². The molecule has 0 spiro atoms. The first kappa shape index (κ1) is 11.2. The van der Waals surface area contributed by atoms with Crippen molar-refractivity contribution in [3.8, 4) is 0 Å². The molecule has 0 aromatic rings. The first-order chi connectivity index (χ1) is 7.83. The molecule has 5 unspecified atom stereocenters. The molecule has 1 aliphatic heterocycles. The lowest BCUT2D eigenvalue weighted by Crippen LogP contribution is -2.38. The minimum absolute atomic E-state index is 0.727. The molecule has 2 bridgehead atoms. The summed E-state index contributed by atoms with van der Waals surface area (Å²) in [4.78, 5) is 0. The summed E-state index contributed by atoms with van der Waals surface area (Å²) in [5.41, 5.74) is 0. The van der Waals surface area contributed by atoms with E-state index in [1.807, 2.05) is 0 Å². The zero-order valence-electron chi connectivity index (χ0n) is 10.2. The van der Waals surface area contributed by atoms with Crippen molar-refractivity contribution in [1.82, 2.24) is 5.32 Å². The van der Waals surface area contributed by atoms with E-state index in [1.165, 1.54) is 37.3 Å². The first-order valence-corrected chi connectivity index (χ1v) is 7.98. The summed E-state index contributed by atoms with van der Waals surface area (Å²) in [5, 5.41) is 3.80. The van der Waals surface area contributed by atoms with Gasteiger partial charge in [0.25, 0.3) is 0 Å². The van der Waals surface area contributed by atoms with Gasteiger partial charge in [0.15, 0.2) is 0 Å². The highest BCUT2D eigenvalue weighted by Crippen LogP contribution is 2.44. The molecule has 5 atom stereocenters. The maximum Gasteiger partial charge on any atom is 0.00729 e. The second kappa shape index (κ2) is 4.73. The maximum atomic E-state index is 3.80. The first-order valence-electron chi connectivity index (χ1n) is 6.82. The number of nitrogens with one attached hydrogen (secondary N) is 1. The molecule has 0 radical (unpaired) electrons. The summed E-state index contributed by atoms with van der Waals surface area (Å²) >= 11 is 2.13. The zero-order chi connectivity index (χ0) is 11.0. The van der Waals surface area contributed by atoms with Crippen molar-refractivity contribution in [3.63, 3.8) is 0 Å². The van der Waals surface area contributed by atoms with Gasteiger partial charge in [0.2, 0.25) is 0 Å². The molecule has 0 aromatic heterocycles. The number of hydrogen-bond donors (Lipinski definition) is 1. The standard InChI is InChI=1S/C14H23NS/c1-10(15-8-12-4-5-16-9-12)14-7-11-2-3-13(14)6-11/h2-3,10-15H,4-9H2,1H3. The van der Waals surface area contributed by atoms with E-state index in [0.717, 1.165) is 29.7 Å². The van der Waals surface area contributed by atoms with Crippen molar-refractivity contribution in [3.05, 3.63) is 12.2 Å². The summed E-state index contributed by atoms with van der Waals surface area (Å²) in [6.45, 7) is 3.66. The van der Waals surface area contributed by atoms with Gasteiger partial charge in [0, 0.05) is 6.04 Å². The largest absolute Gasteiger partial charge is 0.314 e. The van der Waals surface area contributed by atoms with E-state index in [0.29, 0.717) is 0 Å². The van der Waals surface area contributed by atoms with Crippen LogP contribution in [-0.4, -0.2) is 24.1 Å². The van der Waals surface area contributed by atoms with Crippen LogP contribution in [0, 0.1) is 23.7 Å². The van der Waals surface area contributed by atoms with Crippen molar-refractivity contribution in [1.29, 1.82) is 0 Å². The Morgan fingerprint density at radius 2 is 2.31 bits per heavy atom. The molecule has 1 heterocycles. The van der Waals surface area contributed by atoms with Gasteiger partial charge in [-0.25, -0.2) is 0 Å². The third-order valence-electron chi connectivity index (χ3n) is 4.72. The van der Waals surface area contributed by atoms with Gasteiger partial charge in [0.1, 0.15) is 0 Å². The normalized spacial score (nSPS) is 43.1. The van der Waals surface area contributed by atoms with Crippen LogP contribution < -0.4 is 5.32 Å². The number of rotatable bonds is 4. The number of thioether (sulfide) groups is 1. The predicted molar refractivity (Wildman–Crippen MR) is 71.7 cm³/mol. The molecule has 0 aromatic carbocycles. The molecule has 2 aliphatic carbocycles. The van der Waals surface area contributed by atoms with Gasteiger partial charge in [-0.05, 0) is 67.9 Å². The molecule has 2 heteroatoms. The Morgan fingerprint density at radius 1 is 1.38 bits per heavy atom. The van der Waals surface area contributed by atoms with E-state index in [1.54, 1.807) is 0 Å². The van der Waals surface area contributed by atoms with Crippen molar-refractivity contribution >= 4 is 11.8 Å². The van der Waals surface area contributed by atoms with Gasteiger partial charge in [0.05, 0.1) is 0 Å². The van der Waals surface area contributed by atoms with E-state index in [4.69, 9.17) is 0 Å². The third kappa shape index (κ3) is 2.19. The lowest BCUT2D eigenvalue weighted by atomic mass is 9.87. The molecule has 16 heavy (non-hydrogen) atoms. The van der Waals surface area contributed by atoms with Gasteiger partial charge in [-0.15, -0.1) is 0 Å². The fourth-order valence-electron chi connectivity index (χ4n) is 3.65. The Morgan fingerprint density at radius 3 is 2.94 bits per heavy atom. The van der Waals surface area contributed by atoms with Crippen LogP contribution in [0.5, 0.6) is 0 Å². The summed E-state index contributed by atoms with van der Waals surface area (Å²) in [5.74, 6) is 6.45. The van der Waals surface area contributed by atoms with Crippen LogP contribution in [0.25, 0.3) is 0 Å². The van der Waals surface area contributed by atoms with Crippen molar-refractivity contribution in [2.45, 2.75) is 32.2 Å². The van der Waals surface area contributed by atoms with Crippen LogP contribution in [0.2, 0.25) is 0 Å². The molecule has 2 fully saturated rings. The fourth-order valence-corrected chi connectivity index (χ4v) is 4.93. The highest BCUT2D eigenvalue weighted by Gasteiger charge is 2.38. The van der Waals surface area contributed by atoms with E-state index in [2.05, 4.69) is 36.2 Å². The number of allylic oxidation sites excluding steroid dienone is 2. The Kier molecular flexibility index (Phi) is 3.30. The topological polar surface area (TPSA) is 12.0 Å². The molecular formula is C14H23NS. The lowest BCUT2D eigenvalue weighted by molar-refractivity contribution is 0.315. The van der Waals surface area contributed by atoms with Gasteiger partial charge >= 0.3 is 0 Å². The number of hydrogen-bond acceptors (Lipinski definition) is 2. The molecule has 1 saturated carbocycles. The molecule has 0 amide bonds. The summed E-state index contributed by atoms with van der Waals surface area (Å²) in [6, 6.07) is 0.727. The van der Waals surface area contributed by atoms with Gasteiger partial charge in [-0.1, -0.05) is 12.2 Å². The number of fused-ring (bicyclic) bond motifs is 2. The second-order valence-corrected chi connectivity index (χ2v) is 7.02. The van der Waals surface area contributed by atoms with Crippen LogP contribution in [-0.2, 0) is 0 Å². The van der Waals surface area contributed by atoms with Crippen LogP contribution in [0.4, 0.5) is 0 Å². The average Bonchev–Trinajstić information content (AvgIpc) is 3.01. The summed E-state index contributed by atoms with van der Waals surface area (Å²) in [7, 11) is 0. The highest BCUT2D eigenvalue weighted by molar-refractivity contribution is 7.99. The molecule has 1 saturated heterocycles. The van der Waals surface area contributed by atoms with Crippen molar-refractivity contribution in [2.24, 2.45) is 23.7 Å². The minimum Gasteiger partial charge on any atom is -0.314 e. The molecule has 1 N–H and O–H groups in total. The lowest BCUT2D eigenvalue weighted by Gasteiger charge is -2.27. The second-order valence-electron chi connectivity index (χ2n) is 5.87. The predicted octanol–water partition coefficient (Wildman–Crippen LogP) is 2.93. The van der Waals surface area contributed by atoms with Crippen LogP contribution in [0.15, 0.2) is 12.2 Å². The maximum absolute atomic E-state index is 3.80. The highest BCUT2D eigenvalue weighted by atomic mass is 32.2. The van der Waals surface area contributed by atoms with Gasteiger partial charge in [-0.2, -0.15) is 11.8 Å². The molecule has 3 rings (SSSR count). The van der Waals surface area contributed by atoms with Crippen molar-refractivity contribution in [2.75, 3.05) is 18.1 Å². The van der Waals surface area contributed by atoms with Gasteiger partial charge in [-0.3, -0.25) is 0 Å². The third-order valence-corrected chi connectivity index (χ3v) is 5.96. The molecule has 3 aliphatic rings. The summed E-state index contributed by atoms with van der Waals surface area (Å²) < 4.78 is 0. The van der Waals surface area contributed by atoms with Crippen LogP contribution in [0.1, 0.15) is 26.2 Å². The SMILES string of the molecule is CC(NCC1CCSC1)C1CC2C=CC1C2. The zero-order valence-corrected chi connectivity index (χ0v) is 11.0. The van der Waals surface area contributed by atoms with E-state index in [9.17, 15) is 0 Å². The Balaban J connectivity index is 1.46. The molecular weight excluding hydrogens is 214 g/mol. The quantitative estimate of drug-likeness (QED) is 0.755. The Bertz CT molecular complexity index is 270. The Hall–Kier alpha value is 0.0500. The fraction of sp³-hybridized carbons (Fsp3) is 0.857. The Labute approximate surface area is 103 Å². The monoisotopic (exact) mass is 237 g/mol. The molecule has 1 nitrogen and oxygen atoms in total. The van der Waals surface area contributed by atoms with E-state index in [-0.39, 0.29) is 0 Å². The van der Waals surface area contributed by atoms with Crippen LogP contribution >= 0.6 is 11.8 Å².